The molecule has 2 unspecified atom stereocenters. The molecule has 1 aliphatic rings. The molecule has 2 amide bonds. The molecule has 172 valence electrons. The topological polar surface area (TPSA) is 128 Å². The number of hydrogen-bond donors (Lipinski definition) is 2. The van der Waals surface area contributed by atoms with Gasteiger partial charge in [0, 0.05) is 12.1 Å². The molecular formula is C22H27N3O6S. The van der Waals surface area contributed by atoms with E-state index in [4.69, 9.17) is 15.2 Å². The molecule has 0 radical (unpaired) electrons. The molecule has 0 bridgehead atoms. The minimum Gasteiger partial charge on any atom is -0.493 e. The fraction of sp³-hybridized carbons (Fsp3) is 0.364. The van der Waals surface area contributed by atoms with E-state index in [0.717, 1.165) is 6.26 Å². The van der Waals surface area contributed by atoms with Crippen LogP contribution in [0.25, 0.3) is 0 Å². The molecule has 10 heteroatoms. The SMILES string of the molecule is CCOc1cc(C(CCNS(C)(=O)=O)N2C(=O)c3ccccc3C2C(N)=O)ccc1OC. The molecule has 0 aliphatic carbocycles. The highest BCUT2D eigenvalue weighted by Crippen LogP contribution is 2.42. The Hall–Kier alpha value is -3.11. The van der Waals surface area contributed by atoms with E-state index in [1.54, 1.807) is 42.5 Å². The number of ether oxygens (including phenoxy) is 2. The van der Waals surface area contributed by atoms with Crippen LogP contribution < -0.4 is 19.9 Å². The lowest BCUT2D eigenvalue weighted by Crippen LogP contribution is -2.40. The van der Waals surface area contributed by atoms with Crippen LogP contribution in [0.5, 0.6) is 11.5 Å². The number of carbonyl (C=O) groups is 2. The molecule has 9 nitrogen and oxygen atoms in total. The van der Waals surface area contributed by atoms with Crippen molar-refractivity contribution in [3.63, 3.8) is 0 Å². The van der Waals surface area contributed by atoms with Crippen molar-refractivity contribution in [3.8, 4) is 11.5 Å². The Morgan fingerprint density at radius 2 is 1.94 bits per heavy atom. The monoisotopic (exact) mass is 461 g/mol. The van der Waals surface area contributed by atoms with E-state index in [0.29, 0.717) is 34.8 Å². The van der Waals surface area contributed by atoms with Gasteiger partial charge in [0.15, 0.2) is 11.5 Å². The molecule has 0 saturated carbocycles. The maximum absolute atomic E-state index is 13.3. The Kier molecular flexibility index (Phi) is 7.05. The smallest absolute Gasteiger partial charge is 0.255 e. The van der Waals surface area contributed by atoms with Crippen LogP contribution in [0.2, 0.25) is 0 Å². The van der Waals surface area contributed by atoms with Crippen molar-refractivity contribution in [2.75, 3.05) is 26.5 Å². The molecule has 0 saturated heterocycles. The first kappa shape index (κ1) is 23.6. The van der Waals surface area contributed by atoms with E-state index in [9.17, 15) is 18.0 Å². The molecule has 2 atom stereocenters. The molecule has 32 heavy (non-hydrogen) atoms. The third kappa shape index (κ3) is 4.86. The number of sulfonamides is 1. The van der Waals surface area contributed by atoms with Gasteiger partial charge in [0.05, 0.1) is 26.0 Å². The molecule has 2 aromatic rings. The summed E-state index contributed by atoms with van der Waals surface area (Å²) in [5.74, 6) is -0.00935. The predicted octanol–water partition coefficient (Wildman–Crippen LogP) is 1.76. The molecular weight excluding hydrogens is 434 g/mol. The molecule has 0 spiro atoms. The van der Waals surface area contributed by atoms with Gasteiger partial charge in [0.25, 0.3) is 5.91 Å². The van der Waals surface area contributed by atoms with Crippen molar-refractivity contribution < 1.29 is 27.5 Å². The van der Waals surface area contributed by atoms with Gasteiger partial charge in [-0.3, -0.25) is 9.59 Å². The van der Waals surface area contributed by atoms with Gasteiger partial charge >= 0.3 is 0 Å². The standard InChI is InChI=1S/C22H27N3O6S/c1-4-31-19-13-14(9-10-18(19)30-2)17(11-12-24-32(3,28)29)25-20(21(23)26)15-7-5-6-8-16(15)22(25)27/h5-10,13,17,20,24H,4,11-12H2,1-3H3,(H2,23,26). The summed E-state index contributed by atoms with van der Waals surface area (Å²) in [5, 5.41) is 0. The largest absolute Gasteiger partial charge is 0.493 e. The quantitative estimate of drug-likeness (QED) is 0.555. The predicted molar refractivity (Wildman–Crippen MR) is 119 cm³/mol. The molecule has 1 heterocycles. The van der Waals surface area contributed by atoms with Crippen LogP contribution in [0.3, 0.4) is 0 Å². The van der Waals surface area contributed by atoms with Gasteiger partial charge in [0.2, 0.25) is 15.9 Å². The highest BCUT2D eigenvalue weighted by atomic mass is 32.2. The second-order valence-corrected chi connectivity index (χ2v) is 9.25. The van der Waals surface area contributed by atoms with Crippen LogP contribution in [-0.4, -0.2) is 51.6 Å². The van der Waals surface area contributed by atoms with Gasteiger partial charge in [-0.1, -0.05) is 24.3 Å². The Labute approximate surface area is 187 Å². The number of nitrogens with zero attached hydrogens (tertiary/aromatic N) is 1. The summed E-state index contributed by atoms with van der Waals surface area (Å²) < 4.78 is 36.7. The summed E-state index contributed by atoms with van der Waals surface area (Å²) in [6, 6.07) is 10.4. The number of hydrogen-bond acceptors (Lipinski definition) is 6. The highest BCUT2D eigenvalue weighted by Gasteiger charge is 2.44. The Morgan fingerprint density at radius 3 is 2.56 bits per heavy atom. The number of primary amides is 1. The van der Waals surface area contributed by atoms with Crippen molar-refractivity contribution in [2.45, 2.75) is 25.4 Å². The lowest BCUT2D eigenvalue weighted by molar-refractivity contribution is -0.123. The lowest BCUT2D eigenvalue weighted by Gasteiger charge is -2.33. The van der Waals surface area contributed by atoms with E-state index in [1.165, 1.54) is 12.0 Å². The van der Waals surface area contributed by atoms with Gasteiger partial charge in [-0.2, -0.15) is 0 Å². The first-order chi connectivity index (χ1) is 15.2. The van der Waals surface area contributed by atoms with Gasteiger partial charge in [0.1, 0.15) is 6.04 Å². The summed E-state index contributed by atoms with van der Waals surface area (Å²) >= 11 is 0. The summed E-state index contributed by atoms with van der Waals surface area (Å²) in [4.78, 5) is 27.2. The van der Waals surface area contributed by atoms with Crippen molar-refractivity contribution in [1.29, 1.82) is 0 Å². The maximum atomic E-state index is 13.3. The molecule has 3 N–H and O–H groups in total. The van der Waals surface area contributed by atoms with Gasteiger partial charge in [-0.25, -0.2) is 13.1 Å². The molecule has 1 aliphatic heterocycles. The number of nitrogens with one attached hydrogen (secondary N) is 1. The highest BCUT2D eigenvalue weighted by molar-refractivity contribution is 7.88. The molecule has 3 rings (SSSR count). The first-order valence-electron chi connectivity index (χ1n) is 10.1. The number of carbonyl (C=O) groups excluding carboxylic acids is 2. The van der Waals surface area contributed by atoms with Crippen LogP contribution in [-0.2, 0) is 14.8 Å². The Bertz CT molecular complexity index is 1120. The minimum absolute atomic E-state index is 0.0606. The first-order valence-corrected chi connectivity index (χ1v) is 12.0. The van der Waals surface area contributed by atoms with Gasteiger partial charge in [-0.05, 0) is 42.7 Å². The number of amides is 2. The third-order valence-electron chi connectivity index (χ3n) is 5.26. The van der Waals surface area contributed by atoms with E-state index in [2.05, 4.69) is 4.72 Å². The molecule has 2 aromatic carbocycles. The van der Waals surface area contributed by atoms with Crippen LogP contribution in [0, 0.1) is 0 Å². The zero-order valence-electron chi connectivity index (χ0n) is 18.2. The number of benzene rings is 2. The van der Waals surface area contributed by atoms with E-state index in [1.807, 2.05) is 6.92 Å². The average molecular weight is 462 g/mol. The van der Waals surface area contributed by atoms with Crippen molar-refractivity contribution in [3.05, 3.63) is 59.2 Å². The van der Waals surface area contributed by atoms with Gasteiger partial charge < -0.3 is 20.1 Å². The fourth-order valence-electron chi connectivity index (χ4n) is 3.96. The minimum atomic E-state index is -3.44. The van der Waals surface area contributed by atoms with Crippen LogP contribution in [0.1, 0.15) is 46.9 Å². The van der Waals surface area contributed by atoms with Crippen molar-refractivity contribution in [1.82, 2.24) is 9.62 Å². The van der Waals surface area contributed by atoms with Gasteiger partial charge in [-0.15, -0.1) is 0 Å². The molecule has 0 fully saturated rings. The van der Waals surface area contributed by atoms with Crippen molar-refractivity contribution >= 4 is 21.8 Å². The maximum Gasteiger partial charge on any atom is 0.255 e. The third-order valence-corrected chi connectivity index (χ3v) is 5.99. The van der Waals surface area contributed by atoms with Crippen LogP contribution in [0.15, 0.2) is 42.5 Å². The number of nitrogens with two attached hydrogens (primary N) is 1. The second-order valence-electron chi connectivity index (χ2n) is 7.42. The van der Waals surface area contributed by atoms with E-state index >= 15 is 0 Å². The number of rotatable bonds is 10. The zero-order valence-corrected chi connectivity index (χ0v) is 19.0. The van der Waals surface area contributed by atoms with Crippen molar-refractivity contribution in [2.24, 2.45) is 5.73 Å². The fourth-order valence-corrected chi connectivity index (χ4v) is 4.45. The Morgan fingerprint density at radius 1 is 1.22 bits per heavy atom. The number of methoxy groups -OCH3 is 1. The summed E-state index contributed by atoms with van der Waals surface area (Å²) in [6.45, 7) is 2.30. The zero-order chi connectivity index (χ0) is 23.5. The normalized spacial score (nSPS) is 16.5. The molecule has 0 aromatic heterocycles. The summed E-state index contributed by atoms with van der Waals surface area (Å²) in [5.41, 5.74) is 7.31. The summed E-state index contributed by atoms with van der Waals surface area (Å²) in [6.07, 6.45) is 1.28. The van der Waals surface area contributed by atoms with E-state index < -0.39 is 28.0 Å². The Balaban J connectivity index is 2.08. The van der Waals surface area contributed by atoms with Crippen LogP contribution in [0.4, 0.5) is 0 Å². The van der Waals surface area contributed by atoms with Crippen LogP contribution >= 0.6 is 0 Å². The second kappa shape index (κ2) is 9.58. The summed E-state index contributed by atoms with van der Waals surface area (Å²) in [7, 11) is -1.92. The average Bonchev–Trinajstić information content (AvgIpc) is 3.03. The lowest BCUT2D eigenvalue weighted by atomic mass is 9.99. The number of fused-ring (bicyclic) bond motifs is 1. The van der Waals surface area contributed by atoms with E-state index in [-0.39, 0.29) is 18.9 Å².